The minimum absolute atomic E-state index is 0.0512. The number of ether oxygens (including phenoxy) is 2. The molecule has 0 spiro atoms. The van der Waals surface area contributed by atoms with E-state index in [-0.39, 0.29) is 37.4 Å². The highest BCUT2D eigenvalue weighted by Gasteiger charge is 2.46. The third-order valence-electron chi connectivity index (χ3n) is 3.99. The van der Waals surface area contributed by atoms with Gasteiger partial charge in [0, 0.05) is 25.7 Å². The Balaban J connectivity index is 1.95. The molecule has 2 amide bonds. The lowest BCUT2D eigenvalue weighted by Crippen LogP contribution is -2.55. The van der Waals surface area contributed by atoms with Gasteiger partial charge >= 0.3 is 6.03 Å². The lowest BCUT2D eigenvalue weighted by molar-refractivity contribution is -0.0215. The summed E-state index contributed by atoms with van der Waals surface area (Å²) in [5, 5.41) is 25.2. The first-order valence-corrected chi connectivity index (χ1v) is 7.83. The predicted molar refractivity (Wildman–Crippen MR) is 79.6 cm³/mol. The van der Waals surface area contributed by atoms with Crippen molar-refractivity contribution in [1.29, 1.82) is 0 Å². The summed E-state index contributed by atoms with van der Waals surface area (Å²) < 4.78 is 11.1. The highest BCUT2D eigenvalue weighted by molar-refractivity contribution is 5.74. The fourth-order valence-electron chi connectivity index (χ4n) is 2.98. The zero-order valence-electron chi connectivity index (χ0n) is 13.2. The number of nitrogens with one attached hydrogen (secondary N) is 2. The fourth-order valence-corrected chi connectivity index (χ4v) is 2.98. The van der Waals surface area contributed by atoms with Gasteiger partial charge in [0.05, 0.1) is 32.0 Å². The fraction of sp³-hybridized carbons (Fsp3) is 0.929. The van der Waals surface area contributed by atoms with Gasteiger partial charge in [0.2, 0.25) is 0 Å². The second-order valence-electron chi connectivity index (χ2n) is 6.03. The first kappa shape index (κ1) is 17.4. The first-order chi connectivity index (χ1) is 10.5. The van der Waals surface area contributed by atoms with Crippen molar-refractivity contribution in [2.75, 3.05) is 39.5 Å². The van der Waals surface area contributed by atoms with Crippen molar-refractivity contribution in [1.82, 2.24) is 15.5 Å². The van der Waals surface area contributed by atoms with Crippen LogP contribution in [0.25, 0.3) is 0 Å². The zero-order valence-corrected chi connectivity index (χ0v) is 13.2. The van der Waals surface area contributed by atoms with E-state index in [1.165, 1.54) is 0 Å². The highest BCUT2D eigenvalue weighted by Crippen LogP contribution is 2.26. The molecule has 0 aromatic rings. The molecule has 0 aliphatic carbocycles. The van der Waals surface area contributed by atoms with Gasteiger partial charge < -0.3 is 30.3 Å². The number of hydrogen-bond acceptors (Lipinski definition) is 6. The van der Waals surface area contributed by atoms with Crippen molar-refractivity contribution in [3.8, 4) is 0 Å². The van der Waals surface area contributed by atoms with Gasteiger partial charge in [0.25, 0.3) is 0 Å². The van der Waals surface area contributed by atoms with Crippen LogP contribution in [0, 0.1) is 0 Å². The Bertz CT molecular complexity index is 362. The summed E-state index contributed by atoms with van der Waals surface area (Å²) in [4.78, 5) is 13.8. The Morgan fingerprint density at radius 3 is 2.59 bits per heavy atom. The number of rotatable bonds is 5. The SMILES string of the molecule is CC(C)NC(=O)NC[C@H]1O[C@@H](CO)[C@@H](O)[C@@H]1N1CCOCC1. The highest BCUT2D eigenvalue weighted by atomic mass is 16.5. The van der Waals surface area contributed by atoms with E-state index in [1.807, 2.05) is 13.8 Å². The van der Waals surface area contributed by atoms with Crippen LogP contribution in [-0.4, -0.2) is 91.0 Å². The summed E-state index contributed by atoms with van der Waals surface area (Å²) in [6.07, 6.45) is -1.75. The van der Waals surface area contributed by atoms with Gasteiger partial charge in [-0.05, 0) is 13.8 Å². The van der Waals surface area contributed by atoms with Gasteiger partial charge in [0.15, 0.2) is 0 Å². The molecule has 4 atom stereocenters. The molecule has 2 fully saturated rings. The molecule has 0 aromatic carbocycles. The molecule has 0 saturated carbocycles. The second-order valence-corrected chi connectivity index (χ2v) is 6.03. The standard InChI is InChI=1S/C14H27N3O5/c1-9(2)16-14(20)15-7-10-12(13(19)11(8-18)22-10)17-3-5-21-6-4-17/h9-13,18-19H,3-8H2,1-2H3,(H2,15,16,20)/t10-,11+,12-,13-/m1/s1. The molecule has 0 unspecified atom stereocenters. The average molecular weight is 317 g/mol. The van der Waals surface area contributed by atoms with E-state index in [9.17, 15) is 15.0 Å². The lowest BCUT2D eigenvalue weighted by atomic mass is 10.0. The van der Waals surface area contributed by atoms with E-state index >= 15 is 0 Å². The minimum atomic E-state index is -0.775. The molecular formula is C14H27N3O5. The van der Waals surface area contributed by atoms with Crippen LogP contribution in [0.5, 0.6) is 0 Å². The summed E-state index contributed by atoms with van der Waals surface area (Å²) in [7, 11) is 0. The first-order valence-electron chi connectivity index (χ1n) is 7.83. The number of aliphatic hydroxyl groups is 2. The summed E-state index contributed by atoms with van der Waals surface area (Å²) >= 11 is 0. The van der Waals surface area contributed by atoms with Crippen LogP contribution in [0.4, 0.5) is 4.79 Å². The molecule has 128 valence electrons. The molecule has 4 N–H and O–H groups in total. The molecule has 2 aliphatic rings. The Labute approximate surface area is 130 Å². The van der Waals surface area contributed by atoms with E-state index in [0.717, 1.165) is 0 Å². The van der Waals surface area contributed by atoms with Gasteiger partial charge in [-0.2, -0.15) is 0 Å². The molecule has 8 nitrogen and oxygen atoms in total. The molecule has 0 radical (unpaired) electrons. The average Bonchev–Trinajstić information content (AvgIpc) is 2.81. The van der Waals surface area contributed by atoms with E-state index < -0.39 is 12.2 Å². The largest absolute Gasteiger partial charge is 0.394 e. The van der Waals surface area contributed by atoms with E-state index in [1.54, 1.807) is 0 Å². The number of carbonyl (C=O) groups is 1. The van der Waals surface area contributed by atoms with Crippen LogP contribution in [0.1, 0.15) is 13.8 Å². The molecule has 0 bridgehead atoms. The second kappa shape index (κ2) is 8.07. The molecular weight excluding hydrogens is 290 g/mol. The maximum absolute atomic E-state index is 11.7. The molecule has 2 saturated heterocycles. The summed E-state index contributed by atoms with van der Waals surface area (Å²) in [5.74, 6) is 0. The third kappa shape index (κ3) is 4.30. The molecule has 2 aliphatic heterocycles. The number of nitrogens with zero attached hydrogens (tertiary/aromatic N) is 1. The van der Waals surface area contributed by atoms with Gasteiger partial charge in [-0.3, -0.25) is 4.90 Å². The number of hydrogen-bond donors (Lipinski definition) is 4. The number of urea groups is 1. The summed E-state index contributed by atoms with van der Waals surface area (Å²) in [6.45, 7) is 6.45. The van der Waals surface area contributed by atoms with Crippen LogP contribution in [-0.2, 0) is 9.47 Å². The maximum atomic E-state index is 11.7. The summed E-state index contributed by atoms with van der Waals surface area (Å²) in [6, 6.07) is -0.461. The van der Waals surface area contributed by atoms with Crippen LogP contribution >= 0.6 is 0 Å². The summed E-state index contributed by atoms with van der Waals surface area (Å²) in [5.41, 5.74) is 0. The Hall–Kier alpha value is -0.930. The lowest BCUT2D eigenvalue weighted by Gasteiger charge is -2.36. The monoisotopic (exact) mass is 317 g/mol. The molecule has 22 heavy (non-hydrogen) atoms. The van der Waals surface area contributed by atoms with Crippen molar-refractivity contribution in [2.24, 2.45) is 0 Å². The Morgan fingerprint density at radius 1 is 1.32 bits per heavy atom. The number of aliphatic hydroxyl groups excluding tert-OH is 2. The van der Waals surface area contributed by atoms with Crippen molar-refractivity contribution in [2.45, 2.75) is 44.2 Å². The number of morpholine rings is 1. The topological polar surface area (TPSA) is 103 Å². The van der Waals surface area contributed by atoms with Gasteiger partial charge in [-0.15, -0.1) is 0 Å². The van der Waals surface area contributed by atoms with Crippen LogP contribution < -0.4 is 10.6 Å². The van der Waals surface area contributed by atoms with Gasteiger partial charge in [0.1, 0.15) is 12.2 Å². The zero-order chi connectivity index (χ0) is 16.1. The molecule has 8 heteroatoms. The van der Waals surface area contributed by atoms with Gasteiger partial charge in [-0.1, -0.05) is 0 Å². The van der Waals surface area contributed by atoms with Crippen molar-refractivity contribution >= 4 is 6.03 Å². The third-order valence-corrected chi connectivity index (χ3v) is 3.99. The van der Waals surface area contributed by atoms with E-state index in [0.29, 0.717) is 26.3 Å². The maximum Gasteiger partial charge on any atom is 0.315 e. The Morgan fingerprint density at radius 2 is 2.00 bits per heavy atom. The van der Waals surface area contributed by atoms with Crippen molar-refractivity contribution in [3.05, 3.63) is 0 Å². The van der Waals surface area contributed by atoms with E-state index in [2.05, 4.69) is 15.5 Å². The minimum Gasteiger partial charge on any atom is -0.394 e. The smallest absolute Gasteiger partial charge is 0.315 e. The molecule has 2 heterocycles. The Kier molecular flexibility index (Phi) is 6.39. The van der Waals surface area contributed by atoms with Crippen LogP contribution in [0.2, 0.25) is 0 Å². The van der Waals surface area contributed by atoms with Crippen molar-refractivity contribution < 1.29 is 24.5 Å². The predicted octanol–water partition coefficient (Wildman–Crippen LogP) is -1.48. The van der Waals surface area contributed by atoms with Crippen LogP contribution in [0.15, 0.2) is 0 Å². The normalized spacial score (nSPS) is 33.1. The number of carbonyl (C=O) groups excluding carboxylic acids is 1. The van der Waals surface area contributed by atoms with Crippen LogP contribution in [0.3, 0.4) is 0 Å². The quantitative estimate of drug-likeness (QED) is 0.493. The number of amides is 2. The molecule has 0 aromatic heterocycles. The van der Waals surface area contributed by atoms with Gasteiger partial charge in [-0.25, -0.2) is 4.79 Å². The van der Waals surface area contributed by atoms with Crippen molar-refractivity contribution in [3.63, 3.8) is 0 Å². The van der Waals surface area contributed by atoms with E-state index in [4.69, 9.17) is 9.47 Å². The molecule has 2 rings (SSSR count).